The third-order valence-corrected chi connectivity index (χ3v) is 7.66. The maximum Gasteiger partial charge on any atom is 0.174 e. The number of hydrogen-bond donors (Lipinski definition) is 0. The van der Waals surface area contributed by atoms with Crippen molar-refractivity contribution in [2.45, 2.75) is 60.3 Å². The number of thiophene rings is 1. The molecule has 0 fully saturated rings. The van der Waals surface area contributed by atoms with Crippen molar-refractivity contribution in [3.8, 4) is 17.6 Å². The van der Waals surface area contributed by atoms with E-state index in [2.05, 4.69) is 56.4 Å². The highest BCUT2D eigenvalue weighted by atomic mass is 127. The van der Waals surface area contributed by atoms with Gasteiger partial charge in [-0.25, -0.2) is 4.99 Å². The number of fused-ring (bicyclic) bond motifs is 1. The quantitative estimate of drug-likeness (QED) is 0.268. The van der Waals surface area contributed by atoms with Gasteiger partial charge in [0.15, 0.2) is 11.5 Å². The molecule has 0 unspecified atom stereocenters. The number of benzene rings is 1. The smallest absolute Gasteiger partial charge is 0.174 e. The summed E-state index contributed by atoms with van der Waals surface area (Å²) in [7, 11) is 0. The Hall–Kier alpha value is -1.59. The van der Waals surface area contributed by atoms with Crippen molar-refractivity contribution < 1.29 is 9.47 Å². The molecule has 1 aromatic carbocycles. The van der Waals surface area contributed by atoms with E-state index in [1.54, 1.807) is 11.3 Å². The van der Waals surface area contributed by atoms with Gasteiger partial charge in [-0.3, -0.25) is 0 Å². The first-order chi connectivity index (χ1) is 14.8. The molecule has 0 N–H and O–H groups in total. The molecule has 0 radical (unpaired) electrons. The molecular formula is C25H31IN2O2S. The summed E-state index contributed by atoms with van der Waals surface area (Å²) in [6.07, 6.45) is 5.94. The fourth-order valence-corrected chi connectivity index (χ4v) is 5.92. The van der Waals surface area contributed by atoms with Gasteiger partial charge in [0.25, 0.3) is 0 Å². The second-order valence-corrected chi connectivity index (χ2v) is 11.2. The molecule has 1 aromatic heterocycles. The zero-order valence-corrected chi connectivity index (χ0v) is 22.0. The van der Waals surface area contributed by atoms with Crippen LogP contribution in [0.4, 0.5) is 5.00 Å². The zero-order chi connectivity index (χ0) is 22.6. The van der Waals surface area contributed by atoms with Crippen molar-refractivity contribution in [3.05, 3.63) is 37.3 Å². The topological polar surface area (TPSA) is 54.6 Å². The highest BCUT2D eigenvalue weighted by molar-refractivity contribution is 14.1. The SMILES string of the molecule is CCCOc1c(I)cc(C=Nc2sc3c(c2C#N)CC[C@H](C(C)(C)C)C3)cc1OCC. The number of aliphatic imine (C=N–C) groups is 1. The highest BCUT2D eigenvalue weighted by Gasteiger charge is 2.32. The van der Waals surface area contributed by atoms with Gasteiger partial charge in [0.1, 0.15) is 11.1 Å². The van der Waals surface area contributed by atoms with Crippen molar-refractivity contribution in [2.75, 3.05) is 13.2 Å². The van der Waals surface area contributed by atoms with E-state index in [-0.39, 0.29) is 5.41 Å². The molecule has 0 amide bonds. The molecule has 0 aliphatic heterocycles. The monoisotopic (exact) mass is 550 g/mol. The minimum Gasteiger partial charge on any atom is -0.490 e. The summed E-state index contributed by atoms with van der Waals surface area (Å²) in [5, 5.41) is 10.6. The predicted molar refractivity (Wildman–Crippen MR) is 137 cm³/mol. The number of nitriles is 1. The Labute approximate surface area is 203 Å². The molecule has 1 heterocycles. The Balaban J connectivity index is 1.90. The van der Waals surface area contributed by atoms with E-state index in [9.17, 15) is 5.26 Å². The van der Waals surface area contributed by atoms with Gasteiger partial charge in [-0.1, -0.05) is 27.7 Å². The Morgan fingerprint density at radius 2 is 2.06 bits per heavy atom. The zero-order valence-electron chi connectivity index (χ0n) is 19.0. The van der Waals surface area contributed by atoms with Gasteiger partial charge in [0.05, 0.1) is 22.3 Å². The minimum atomic E-state index is 0.284. The molecule has 0 saturated heterocycles. The maximum atomic E-state index is 9.81. The predicted octanol–water partition coefficient (Wildman–Crippen LogP) is 7.31. The Morgan fingerprint density at radius 1 is 1.29 bits per heavy atom. The van der Waals surface area contributed by atoms with Crippen LogP contribution in [0.1, 0.15) is 69.0 Å². The van der Waals surface area contributed by atoms with Crippen molar-refractivity contribution in [3.63, 3.8) is 0 Å². The number of ether oxygens (including phenoxy) is 2. The summed E-state index contributed by atoms with van der Waals surface area (Å²) >= 11 is 3.96. The summed E-state index contributed by atoms with van der Waals surface area (Å²) in [4.78, 5) is 6.08. The Kier molecular flexibility index (Phi) is 8.03. The van der Waals surface area contributed by atoms with Gasteiger partial charge in [0.2, 0.25) is 0 Å². The van der Waals surface area contributed by atoms with Crippen LogP contribution in [0.3, 0.4) is 0 Å². The van der Waals surface area contributed by atoms with Gasteiger partial charge in [-0.05, 0) is 89.8 Å². The van der Waals surface area contributed by atoms with Gasteiger partial charge >= 0.3 is 0 Å². The third kappa shape index (κ3) is 5.61. The van der Waals surface area contributed by atoms with E-state index in [4.69, 9.17) is 14.5 Å². The molecule has 1 atom stereocenters. The standard InChI is InChI=1S/C25H31IN2O2S/c1-6-10-30-23-20(26)11-16(12-21(23)29-7-2)15-28-24-19(14-27)18-9-8-17(25(3,4)5)13-22(18)31-24/h11-12,15,17H,6-10,13H2,1-5H3/t17-/m0/s1. The van der Waals surface area contributed by atoms with Crippen LogP contribution in [-0.4, -0.2) is 19.4 Å². The molecule has 0 saturated carbocycles. The number of halogens is 1. The van der Waals surface area contributed by atoms with Crippen molar-refractivity contribution in [1.29, 1.82) is 5.26 Å². The van der Waals surface area contributed by atoms with Crippen molar-refractivity contribution in [1.82, 2.24) is 0 Å². The lowest BCUT2D eigenvalue weighted by Crippen LogP contribution is -2.26. The molecule has 0 spiro atoms. The average molecular weight is 551 g/mol. The van der Waals surface area contributed by atoms with Crippen molar-refractivity contribution >= 4 is 45.1 Å². The first kappa shape index (κ1) is 24.1. The third-order valence-electron chi connectivity index (χ3n) is 5.70. The molecule has 3 rings (SSSR count). The van der Waals surface area contributed by atoms with Crippen LogP contribution in [0.2, 0.25) is 0 Å². The van der Waals surface area contributed by atoms with Crippen molar-refractivity contribution in [2.24, 2.45) is 16.3 Å². The molecule has 2 aromatic rings. The molecule has 1 aliphatic carbocycles. The number of hydrogen-bond acceptors (Lipinski definition) is 5. The highest BCUT2D eigenvalue weighted by Crippen LogP contribution is 2.45. The van der Waals surface area contributed by atoms with E-state index in [0.29, 0.717) is 19.1 Å². The molecule has 166 valence electrons. The van der Waals surface area contributed by atoms with E-state index in [0.717, 1.165) is 56.9 Å². The molecular weight excluding hydrogens is 519 g/mol. The average Bonchev–Trinajstić information content (AvgIpc) is 3.08. The minimum absolute atomic E-state index is 0.284. The molecule has 0 bridgehead atoms. The lowest BCUT2D eigenvalue weighted by Gasteiger charge is -2.33. The molecule has 4 nitrogen and oxygen atoms in total. The van der Waals surface area contributed by atoms with E-state index in [1.165, 1.54) is 10.4 Å². The summed E-state index contributed by atoms with van der Waals surface area (Å²) < 4.78 is 12.7. The fraction of sp³-hybridized carbons (Fsp3) is 0.520. The van der Waals surface area contributed by atoms with E-state index < -0.39 is 0 Å². The van der Waals surface area contributed by atoms with Crippen LogP contribution in [0.15, 0.2) is 17.1 Å². The summed E-state index contributed by atoms with van der Waals surface area (Å²) in [5.74, 6) is 2.18. The lowest BCUT2D eigenvalue weighted by atomic mass is 9.72. The van der Waals surface area contributed by atoms with Gasteiger partial charge in [-0.2, -0.15) is 5.26 Å². The van der Waals surface area contributed by atoms with E-state index in [1.807, 2.05) is 25.3 Å². The first-order valence-electron chi connectivity index (χ1n) is 11.0. The summed E-state index contributed by atoms with van der Waals surface area (Å²) in [5.41, 5.74) is 3.20. The fourth-order valence-electron chi connectivity index (χ4n) is 3.92. The summed E-state index contributed by atoms with van der Waals surface area (Å²) in [6, 6.07) is 6.44. The Bertz CT molecular complexity index is 998. The second-order valence-electron chi connectivity index (χ2n) is 8.97. The van der Waals surface area contributed by atoms with Crippen LogP contribution in [0, 0.1) is 26.2 Å². The maximum absolute atomic E-state index is 9.81. The van der Waals surface area contributed by atoms with E-state index >= 15 is 0 Å². The summed E-state index contributed by atoms with van der Waals surface area (Å²) in [6.45, 7) is 12.2. The second kappa shape index (κ2) is 10.4. The number of rotatable bonds is 7. The van der Waals surface area contributed by atoms with Crippen LogP contribution < -0.4 is 9.47 Å². The lowest BCUT2D eigenvalue weighted by molar-refractivity contribution is 0.218. The molecule has 6 heteroatoms. The first-order valence-corrected chi connectivity index (χ1v) is 12.9. The largest absolute Gasteiger partial charge is 0.490 e. The molecule has 1 aliphatic rings. The normalized spacial score (nSPS) is 16.2. The number of nitrogens with zero attached hydrogens (tertiary/aromatic N) is 2. The molecule has 31 heavy (non-hydrogen) atoms. The van der Waals surface area contributed by atoms with Gasteiger partial charge < -0.3 is 9.47 Å². The van der Waals surface area contributed by atoms with Crippen LogP contribution in [-0.2, 0) is 12.8 Å². The van der Waals surface area contributed by atoms with Crippen LogP contribution >= 0.6 is 33.9 Å². The van der Waals surface area contributed by atoms with Gasteiger partial charge in [0, 0.05) is 11.1 Å². The van der Waals surface area contributed by atoms with Crippen LogP contribution in [0.25, 0.3) is 0 Å². The van der Waals surface area contributed by atoms with Gasteiger partial charge in [-0.15, -0.1) is 11.3 Å². The Morgan fingerprint density at radius 3 is 2.71 bits per heavy atom. The van der Waals surface area contributed by atoms with Crippen LogP contribution in [0.5, 0.6) is 11.5 Å².